The van der Waals surface area contributed by atoms with Crippen LogP contribution in [0.3, 0.4) is 0 Å². The maximum absolute atomic E-state index is 12.4. The zero-order chi connectivity index (χ0) is 27.2. The fourth-order valence-corrected chi connectivity index (χ4v) is 9.09. The molecule has 3 saturated carbocycles. The Morgan fingerprint density at radius 1 is 1.11 bits per heavy atom. The van der Waals surface area contributed by atoms with E-state index in [2.05, 4.69) is 20.8 Å². The average molecular weight is 560 g/mol. The second-order valence-electron chi connectivity index (χ2n) is 12.5. The largest absolute Gasteiger partial charge is 0.445 e. The summed E-state index contributed by atoms with van der Waals surface area (Å²) in [5, 5.41) is 0. The van der Waals surface area contributed by atoms with Gasteiger partial charge in [0.2, 0.25) is 5.91 Å². The third-order valence-electron chi connectivity index (χ3n) is 9.92. The van der Waals surface area contributed by atoms with Crippen molar-refractivity contribution in [3.63, 3.8) is 0 Å². The van der Waals surface area contributed by atoms with Gasteiger partial charge in [-0.15, -0.1) is 0 Å². The Balaban J connectivity index is 1.52. The summed E-state index contributed by atoms with van der Waals surface area (Å²) in [7, 11) is -8.75. The fraction of sp³-hybridized carbons (Fsp3) is 0.808. The average Bonchev–Trinajstić information content (AvgIpc) is 3.12. The van der Waals surface area contributed by atoms with E-state index in [1.165, 1.54) is 30.4 Å². The smallest absolute Gasteiger partial charge is 0.370 e. The molecule has 0 bridgehead atoms. The SMILES string of the molecule is CC1(C)CCC[C@]2(C)[C@H]3CC/C(=C/OS(=O)(=O)O)[C@H](CCC4=CC(=O)N(CCS(=O)(=O)O)C4)[C@@H]3CC[C@@H]12. The van der Waals surface area contributed by atoms with Gasteiger partial charge in [0.05, 0.1) is 5.75 Å². The summed E-state index contributed by atoms with van der Waals surface area (Å²) in [5.74, 6) is 0.857. The molecule has 1 aliphatic heterocycles. The predicted octanol–water partition coefficient (Wildman–Crippen LogP) is 4.40. The van der Waals surface area contributed by atoms with Crippen molar-refractivity contribution in [3.8, 4) is 0 Å². The fourth-order valence-electron chi connectivity index (χ4n) is 8.40. The van der Waals surface area contributed by atoms with E-state index in [9.17, 15) is 26.2 Å². The van der Waals surface area contributed by atoms with Gasteiger partial charge >= 0.3 is 10.4 Å². The quantitative estimate of drug-likeness (QED) is 0.330. The van der Waals surface area contributed by atoms with E-state index in [4.69, 9.17) is 8.74 Å². The van der Waals surface area contributed by atoms with Crippen LogP contribution < -0.4 is 0 Å². The first-order chi connectivity index (χ1) is 17.1. The molecule has 0 aromatic heterocycles. The molecule has 3 fully saturated rings. The molecule has 210 valence electrons. The summed E-state index contributed by atoms with van der Waals surface area (Å²) in [6.45, 7) is 7.52. The highest BCUT2D eigenvalue weighted by Crippen LogP contribution is 2.65. The lowest BCUT2D eigenvalue weighted by Gasteiger charge is -2.62. The lowest BCUT2D eigenvalue weighted by atomic mass is 9.43. The highest BCUT2D eigenvalue weighted by molar-refractivity contribution is 7.85. The number of allylic oxidation sites excluding steroid dienone is 1. The molecule has 2 N–H and O–H groups in total. The molecule has 0 saturated heterocycles. The first-order valence-corrected chi connectivity index (χ1v) is 16.3. The molecule has 4 aliphatic rings. The molecular weight excluding hydrogens is 518 g/mol. The standard InChI is InChI=1S/C26H41NO8S2/c1-25(2)11-4-12-26(3)22-9-6-19(17-35-37(32,33)34)20(21(22)8-10-23(25)26)7-5-18-15-24(28)27(16-18)13-14-36(29,30)31/h15,17,20-23H,4-14,16H2,1-3H3,(H,29,30,31)(H,32,33,34)/b19-17-/t20-,21-,22-,23-,26+/m0/s1. The van der Waals surface area contributed by atoms with Crippen molar-refractivity contribution < 1.29 is 34.9 Å². The van der Waals surface area contributed by atoms with Gasteiger partial charge in [-0.05, 0) is 97.0 Å². The van der Waals surface area contributed by atoms with Crippen molar-refractivity contribution in [1.82, 2.24) is 4.90 Å². The maximum Gasteiger partial charge on any atom is 0.445 e. The van der Waals surface area contributed by atoms with E-state index in [-0.39, 0.29) is 23.8 Å². The van der Waals surface area contributed by atoms with Gasteiger partial charge in [0.1, 0.15) is 6.26 Å². The minimum absolute atomic E-state index is 0.0608. The van der Waals surface area contributed by atoms with E-state index in [0.29, 0.717) is 42.6 Å². The summed E-state index contributed by atoms with van der Waals surface area (Å²) >= 11 is 0. The van der Waals surface area contributed by atoms with E-state index in [1.807, 2.05) is 0 Å². The van der Waals surface area contributed by atoms with Crippen LogP contribution in [0.4, 0.5) is 0 Å². The van der Waals surface area contributed by atoms with Gasteiger partial charge in [0.25, 0.3) is 10.1 Å². The van der Waals surface area contributed by atoms with Crippen LogP contribution in [0.1, 0.15) is 78.6 Å². The van der Waals surface area contributed by atoms with Crippen molar-refractivity contribution in [2.45, 2.75) is 78.6 Å². The van der Waals surface area contributed by atoms with Crippen LogP contribution in [0.25, 0.3) is 0 Å². The molecule has 0 radical (unpaired) electrons. The van der Waals surface area contributed by atoms with Crippen LogP contribution in [0.15, 0.2) is 23.5 Å². The summed E-state index contributed by atoms with van der Waals surface area (Å²) in [4.78, 5) is 13.8. The first kappa shape index (κ1) is 28.6. The zero-order valence-corrected chi connectivity index (χ0v) is 23.7. The summed E-state index contributed by atoms with van der Waals surface area (Å²) in [6, 6.07) is 0. The number of carbonyl (C=O) groups is 1. The lowest BCUT2D eigenvalue weighted by molar-refractivity contribution is -0.124. The molecular formula is C26H41NO8S2. The highest BCUT2D eigenvalue weighted by Gasteiger charge is 2.56. The first-order valence-electron chi connectivity index (χ1n) is 13.4. The number of nitrogens with zero attached hydrogens (tertiary/aromatic N) is 1. The normalized spacial score (nSPS) is 35.2. The van der Waals surface area contributed by atoms with Crippen LogP contribution in [0.2, 0.25) is 0 Å². The Kier molecular flexibility index (Phi) is 7.94. The molecule has 0 unspecified atom stereocenters. The van der Waals surface area contributed by atoms with E-state index in [1.54, 1.807) is 6.08 Å². The van der Waals surface area contributed by atoms with Gasteiger partial charge in [-0.1, -0.05) is 27.2 Å². The van der Waals surface area contributed by atoms with Crippen LogP contribution in [0.5, 0.6) is 0 Å². The number of hydrogen-bond acceptors (Lipinski definition) is 6. The Labute approximate surface area is 221 Å². The number of hydrogen-bond donors (Lipinski definition) is 2. The van der Waals surface area contributed by atoms with Gasteiger partial charge in [-0.25, -0.2) is 0 Å². The molecule has 37 heavy (non-hydrogen) atoms. The highest BCUT2D eigenvalue weighted by atomic mass is 32.3. The second kappa shape index (κ2) is 10.3. The van der Waals surface area contributed by atoms with Crippen molar-refractivity contribution in [1.29, 1.82) is 0 Å². The monoisotopic (exact) mass is 559 g/mol. The van der Waals surface area contributed by atoms with Crippen LogP contribution in [-0.4, -0.2) is 55.6 Å². The minimum atomic E-state index is -4.59. The third-order valence-corrected chi connectivity index (χ3v) is 11.0. The van der Waals surface area contributed by atoms with Crippen LogP contribution in [-0.2, 0) is 29.5 Å². The lowest BCUT2D eigenvalue weighted by Crippen LogP contribution is -2.54. The van der Waals surface area contributed by atoms with Gasteiger partial charge in [-0.3, -0.25) is 13.9 Å². The molecule has 5 atom stereocenters. The van der Waals surface area contributed by atoms with Crippen molar-refractivity contribution >= 4 is 26.4 Å². The maximum atomic E-state index is 12.4. The van der Waals surface area contributed by atoms with Gasteiger partial charge in [0, 0.05) is 19.2 Å². The number of amides is 1. The van der Waals surface area contributed by atoms with Crippen molar-refractivity contribution in [2.75, 3.05) is 18.8 Å². The second-order valence-corrected chi connectivity index (χ2v) is 15.1. The van der Waals surface area contributed by atoms with E-state index >= 15 is 0 Å². The number of fused-ring (bicyclic) bond motifs is 3. The van der Waals surface area contributed by atoms with E-state index in [0.717, 1.165) is 36.8 Å². The molecule has 0 aromatic rings. The molecule has 0 aromatic carbocycles. The Hall–Kier alpha value is -1.43. The topological polar surface area (TPSA) is 138 Å². The molecule has 3 aliphatic carbocycles. The molecule has 4 rings (SSSR count). The van der Waals surface area contributed by atoms with Crippen molar-refractivity contribution in [2.24, 2.45) is 34.5 Å². The summed E-state index contributed by atoms with van der Waals surface area (Å²) in [6.07, 6.45) is 11.7. The van der Waals surface area contributed by atoms with Gasteiger partial charge in [0.15, 0.2) is 0 Å². The predicted molar refractivity (Wildman–Crippen MR) is 139 cm³/mol. The van der Waals surface area contributed by atoms with Gasteiger partial charge in [-0.2, -0.15) is 16.8 Å². The summed E-state index contributed by atoms with van der Waals surface area (Å²) < 4.78 is 67.8. The zero-order valence-electron chi connectivity index (χ0n) is 22.1. The Morgan fingerprint density at radius 3 is 2.51 bits per heavy atom. The Bertz CT molecular complexity index is 1170. The number of rotatable bonds is 8. The van der Waals surface area contributed by atoms with Crippen LogP contribution >= 0.6 is 0 Å². The molecule has 11 heteroatoms. The van der Waals surface area contributed by atoms with E-state index < -0.39 is 26.3 Å². The number of carbonyl (C=O) groups excluding carboxylic acids is 1. The molecule has 1 heterocycles. The molecule has 1 amide bonds. The van der Waals surface area contributed by atoms with Crippen molar-refractivity contribution in [3.05, 3.63) is 23.5 Å². The van der Waals surface area contributed by atoms with Crippen LogP contribution in [0, 0.1) is 34.5 Å². The molecule has 9 nitrogen and oxygen atoms in total. The third kappa shape index (κ3) is 6.42. The summed E-state index contributed by atoms with van der Waals surface area (Å²) in [5.41, 5.74) is 2.33. The molecule has 0 spiro atoms. The minimum Gasteiger partial charge on any atom is -0.370 e. The Morgan fingerprint density at radius 2 is 1.84 bits per heavy atom. The van der Waals surface area contributed by atoms with Gasteiger partial charge < -0.3 is 9.08 Å².